The average Bonchev–Trinajstić information content (AvgIpc) is 2.42. The van der Waals surface area contributed by atoms with Crippen molar-refractivity contribution in [2.45, 2.75) is 19.9 Å². The Hall–Kier alpha value is -1.94. The molecule has 0 fully saturated rings. The van der Waals surface area contributed by atoms with Gasteiger partial charge in [0.05, 0.1) is 17.6 Å². The summed E-state index contributed by atoms with van der Waals surface area (Å²) in [5, 5.41) is 0. The zero-order valence-electron chi connectivity index (χ0n) is 11.2. The van der Waals surface area contributed by atoms with E-state index in [9.17, 15) is 4.39 Å². The van der Waals surface area contributed by atoms with Crippen molar-refractivity contribution < 1.29 is 4.39 Å². The molecule has 0 radical (unpaired) electrons. The van der Waals surface area contributed by atoms with Crippen molar-refractivity contribution in [3.05, 3.63) is 54.1 Å². The number of rotatable bonds is 4. The van der Waals surface area contributed by atoms with Gasteiger partial charge in [0, 0.05) is 18.3 Å². The molecule has 0 saturated carbocycles. The SMILES string of the molecule is CCN(c1ccc(F)cc1)c1ccc(C(C)N)nc1. The minimum absolute atomic E-state index is 0.0741. The van der Waals surface area contributed by atoms with Gasteiger partial charge in [-0.2, -0.15) is 0 Å². The highest BCUT2D eigenvalue weighted by Gasteiger charge is 2.08. The first-order valence-corrected chi connectivity index (χ1v) is 6.36. The smallest absolute Gasteiger partial charge is 0.123 e. The molecule has 0 saturated heterocycles. The molecular formula is C15H18FN3. The molecule has 19 heavy (non-hydrogen) atoms. The third-order valence-electron chi connectivity index (χ3n) is 3.00. The Morgan fingerprint density at radius 1 is 1.16 bits per heavy atom. The fourth-order valence-corrected chi connectivity index (χ4v) is 1.96. The summed E-state index contributed by atoms with van der Waals surface area (Å²) in [6.45, 7) is 4.73. The van der Waals surface area contributed by atoms with Crippen LogP contribution in [0.1, 0.15) is 25.6 Å². The molecule has 0 spiro atoms. The van der Waals surface area contributed by atoms with Crippen LogP contribution in [0.2, 0.25) is 0 Å². The molecule has 0 aliphatic rings. The van der Waals surface area contributed by atoms with E-state index in [1.54, 1.807) is 18.3 Å². The molecule has 1 heterocycles. The summed E-state index contributed by atoms with van der Waals surface area (Å²) in [7, 11) is 0. The van der Waals surface area contributed by atoms with Crippen LogP contribution in [0, 0.1) is 5.82 Å². The number of aromatic nitrogens is 1. The normalized spacial score (nSPS) is 12.2. The van der Waals surface area contributed by atoms with Crippen LogP contribution in [0.25, 0.3) is 0 Å². The van der Waals surface area contributed by atoms with E-state index in [1.807, 2.05) is 26.0 Å². The van der Waals surface area contributed by atoms with Crippen LogP contribution in [0.3, 0.4) is 0 Å². The summed E-state index contributed by atoms with van der Waals surface area (Å²) in [5.41, 5.74) is 8.56. The number of hydrogen-bond acceptors (Lipinski definition) is 3. The first-order chi connectivity index (χ1) is 9.11. The molecule has 1 unspecified atom stereocenters. The number of nitrogens with two attached hydrogens (primary N) is 1. The van der Waals surface area contributed by atoms with Crippen LogP contribution in [0.15, 0.2) is 42.6 Å². The zero-order chi connectivity index (χ0) is 13.8. The van der Waals surface area contributed by atoms with Gasteiger partial charge in [0.25, 0.3) is 0 Å². The monoisotopic (exact) mass is 259 g/mol. The molecule has 0 aliphatic heterocycles. The molecule has 2 rings (SSSR count). The molecule has 3 nitrogen and oxygen atoms in total. The molecule has 0 bridgehead atoms. The third kappa shape index (κ3) is 3.09. The van der Waals surface area contributed by atoms with E-state index >= 15 is 0 Å². The van der Waals surface area contributed by atoms with E-state index in [2.05, 4.69) is 9.88 Å². The molecule has 100 valence electrons. The lowest BCUT2D eigenvalue weighted by Gasteiger charge is -2.23. The van der Waals surface area contributed by atoms with Crippen molar-refractivity contribution in [2.24, 2.45) is 5.73 Å². The Morgan fingerprint density at radius 3 is 2.26 bits per heavy atom. The third-order valence-corrected chi connectivity index (χ3v) is 3.00. The van der Waals surface area contributed by atoms with E-state index in [0.717, 1.165) is 23.6 Å². The van der Waals surface area contributed by atoms with Crippen molar-refractivity contribution >= 4 is 11.4 Å². The number of hydrogen-bond donors (Lipinski definition) is 1. The van der Waals surface area contributed by atoms with E-state index in [0.29, 0.717) is 0 Å². The highest BCUT2D eigenvalue weighted by Crippen LogP contribution is 2.25. The predicted molar refractivity (Wildman–Crippen MR) is 75.9 cm³/mol. The average molecular weight is 259 g/mol. The van der Waals surface area contributed by atoms with E-state index in [-0.39, 0.29) is 11.9 Å². The summed E-state index contributed by atoms with van der Waals surface area (Å²) in [6.07, 6.45) is 1.80. The molecule has 2 aromatic rings. The molecule has 4 heteroatoms. The molecular weight excluding hydrogens is 241 g/mol. The van der Waals surface area contributed by atoms with Crippen LogP contribution in [0.5, 0.6) is 0 Å². The Kier molecular flexibility index (Phi) is 4.12. The summed E-state index contributed by atoms with van der Waals surface area (Å²) in [5.74, 6) is -0.231. The summed E-state index contributed by atoms with van der Waals surface area (Å²) < 4.78 is 13.0. The maximum atomic E-state index is 13.0. The van der Waals surface area contributed by atoms with Gasteiger partial charge in [-0.15, -0.1) is 0 Å². The fraction of sp³-hybridized carbons (Fsp3) is 0.267. The summed E-state index contributed by atoms with van der Waals surface area (Å²) in [6, 6.07) is 10.3. The van der Waals surface area contributed by atoms with Crippen molar-refractivity contribution in [1.29, 1.82) is 0 Å². The minimum atomic E-state index is -0.231. The van der Waals surface area contributed by atoms with E-state index in [4.69, 9.17) is 5.73 Å². The highest BCUT2D eigenvalue weighted by molar-refractivity contribution is 5.62. The molecule has 1 aromatic carbocycles. The zero-order valence-corrected chi connectivity index (χ0v) is 11.2. The van der Waals surface area contributed by atoms with Crippen LogP contribution in [0.4, 0.5) is 15.8 Å². The Morgan fingerprint density at radius 2 is 1.79 bits per heavy atom. The lowest BCUT2D eigenvalue weighted by atomic mass is 10.2. The summed E-state index contributed by atoms with van der Waals surface area (Å²) >= 11 is 0. The van der Waals surface area contributed by atoms with Crippen LogP contribution in [-0.2, 0) is 0 Å². The number of pyridine rings is 1. The van der Waals surface area contributed by atoms with Gasteiger partial charge in [0.2, 0.25) is 0 Å². The first kappa shape index (κ1) is 13.5. The van der Waals surface area contributed by atoms with Gasteiger partial charge < -0.3 is 10.6 Å². The lowest BCUT2D eigenvalue weighted by molar-refractivity contribution is 0.628. The predicted octanol–water partition coefficient (Wildman–Crippen LogP) is 3.40. The van der Waals surface area contributed by atoms with Gasteiger partial charge in [-0.1, -0.05) is 0 Å². The number of benzene rings is 1. The maximum absolute atomic E-state index is 13.0. The standard InChI is InChI=1S/C15H18FN3/c1-3-19(13-6-4-12(16)5-7-13)14-8-9-15(11(2)17)18-10-14/h4-11H,3,17H2,1-2H3. The van der Waals surface area contributed by atoms with Crippen molar-refractivity contribution in [3.63, 3.8) is 0 Å². The highest BCUT2D eigenvalue weighted by atomic mass is 19.1. The molecule has 2 N–H and O–H groups in total. The van der Waals surface area contributed by atoms with Gasteiger partial charge >= 0.3 is 0 Å². The van der Waals surface area contributed by atoms with Crippen LogP contribution >= 0.6 is 0 Å². The Balaban J connectivity index is 2.28. The van der Waals surface area contributed by atoms with Crippen molar-refractivity contribution in [1.82, 2.24) is 4.98 Å². The van der Waals surface area contributed by atoms with E-state index in [1.165, 1.54) is 12.1 Å². The lowest BCUT2D eigenvalue weighted by Crippen LogP contribution is -2.16. The second kappa shape index (κ2) is 5.80. The number of anilines is 2. The first-order valence-electron chi connectivity index (χ1n) is 6.36. The van der Waals surface area contributed by atoms with Gasteiger partial charge in [0.15, 0.2) is 0 Å². The second-order valence-corrected chi connectivity index (χ2v) is 4.45. The second-order valence-electron chi connectivity index (χ2n) is 4.45. The topological polar surface area (TPSA) is 42.1 Å². The summed E-state index contributed by atoms with van der Waals surface area (Å²) in [4.78, 5) is 6.42. The molecule has 1 aromatic heterocycles. The fourth-order valence-electron chi connectivity index (χ4n) is 1.96. The number of nitrogens with zero attached hydrogens (tertiary/aromatic N) is 2. The van der Waals surface area contributed by atoms with Crippen molar-refractivity contribution in [3.8, 4) is 0 Å². The maximum Gasteiger partial charge on any atom is 0.123 e. The molecule has 0 amide bonds. The van der Waals surface area contributed by atoms with Gasteiger partial charge in [-0.3, -0.25) is 4.98 Å². The van der Waals surface area contributed by atoms with Gasteiger partial charge in [-0.05, 0) is 50.2 Å². The molecule has 1 atom stereocenters. The van der Waals surface area contributed by atoms with Gasteiger partial charge in [0.1, 0.15) is 5.82 Å². The van der Waals surface area contributed by atoms with E-state index < -0.39 is 0 Å². The minimum Gasteiger partial charge on any atom is -0.341 e. The Bertz CT molecular complexity index is 520. The quantitative estimate of drug-likeness (QED) is 0.915. The molecule has 0 aliphatic carbocycles. The van der Waals surface area contributed by atoms with Crippen molar-refractivity contribution in [2.75, 3.05) is 11.4 Å². The Labute approximate surface area is 112 Å². The van der Waals surface area contributed by atoms with Crippen LogP contribution < -0.4 is 10.6 Å². The largest absolute Gasteiger partial charge is 0.341 e. The van der Waals surface area contributed by atoms with Crippen LogP contribution in [-0.4, -0.2) is 11.5 Å². The number of halogens is 1. The van der Waals surface area contributed by atoms with Gasteiger partial charge in [-0.25, -0.2) is 4.39 Å².